The first-order valence-corrected chi connectivity index (χ1v) is 9.66. The van der Waals surface area contributed by atoms with Gasteiger partial charge < -0.3 is 19.9 Å². The molecule has 140 valence electrons. The monoisotopic (exact) mass is 376 g/mol. The number of ether oxygens (including phenoxy) is 2. The second-order valence-electron chi connectivity index (χ2n) is 6.36. The summed E-state index contributed by atoms with van der Waals surface area (Å²) >= 11 is 1.58. The Morgan fingerprint density at radius 2 is 2.23 bits per heavy atom. The number of benzene rings is 1. The number of nitrogens with zero attached hydrogens (tertiary/aromatic N) is 1. The first-order valence-electron chi connectivity index (χ1n) is 8.78. The Morgan fingerprint density at radius 1 is 1.42 bits per heavy atom. The Morgan fingerprint density at radius 3 is 2.92 bits per heavy atom. The van der Waals surface area contributed by atoms with Gasteiger partial charge in [-0.2, -0.15) is 0 Å². The van der Waals surface area contributed by atoms with E-state index >= 15 is 0 Å². The van der Waals surface area contributed by atoms with E-state index in [4.69, 9.17) is 14.6 Å². The summed E-state index contributed by atoms with van der Waals surface area (Å²) in [6.45, 7) is 3.04. The topological polar surface area (TPSA) is 80.7 Å². The van der Waals surface area contributed by atoms with Crippen molar-refractivity contribution < 1.29 is 19.4 Å². The van der Waals surface area contributed by atoms with Crippen molar-refractivity contribution in [3.05, 3.63) is 45.9 Å². The summed E-state index contributed by atoms with van der Waals surface area (Å²) in [6, 6.07) is 7.18. The highest BCUT2D eigenvalue weighted by Gasteiger charge is 2.29. The van der Waals surface area contributed by atoms with E-state index in [2.05, 4.69) is 10.3 Å². The van der Waals surface area contributed by atoms with E-state index in [9.17, 15) is 4.79 Å². The molecular formula is C19H24N2O4S. The second kappa shape index (κ2) is 9.12. The maximum absolute atomic E-state index is 12.3. The summed E-state index contributed by atoms with van der Waals surface area (Å²) in [5, 5.41) is 12.2. The highest BCUT2D eigenvalue weighted by molar-refractivity contribution is 7.09. The van der Waals surface area contributed by atoms with Crippen LogP contribution >= 0.6 is 11.3 Å². The van der Waals surface area contributed by atoms with Crippen LogP contribution in [0, 0.1) is 6.92 Å². The molecule has 0 bridgehead atoms. The number of aliphatic hydroxyl groups excluding tert-OH is 1. The van der Waals surface area contributed by atoms with E-state index in [0.717, 1.165) is 28.3 Å². The number of nitrogens with one attached hydrogen (secondary N) is 1. The van der Waals surface area contributed by atoms with Crippen LogP contribution in [-0.2, 0) is 22.6 Å². The molecule has 1 saturated heterocycles. The molecule has 1 aliphatic heterocycles. The van der Waals surface area contributed by atoms with E-state index in [1.165, 1.54) is 0 Å². The number of carbonyl (C=O) groups excluding carboxylic acids is 1. The van der Waals surface area contributed by atoms with Gasteiger partial charge in [0.1, 0.15) is 11.9 Å². The zero-order chi connectivity index (χ0) is 18.4. The number of aromatic nitrogens is 1. The number of hydrogen-bond acceptors (Lipinski definition) is 6. The van der Waals surface area contributed by atoms with E-state index in [1.54, 1.807) is 11.3 Å². The van der Waals surface area contributed by atoms with Crippen LogP contribution in [0.15, 0.2) is 29.8 Å². The molecule has 1 aromatic heterocycles. The Bertz CT molecular complexity index is 717. The van der Waals surface area contributed by atoms with Gasteiger partial charge in [0.25, 0.3) is 0 Å². The summed E-state index contributed by atoms with van der Waals surface area (Å²) < 4.78 is 11.6. The molecule has 0 unspecified atom stereocenters. The lowest BCUT2D eigenvalue weighted by atomic mass is 10.1. The van der Waals surface area contributed by atoms with Crippen LogP contribution in [0.3, 0.4) is 0 Å². The molecule has 3 rings (SSSR count). The fourth-order valence-corrected chi connectivity index (χ4v) is 3.70. The molecule has 1 aromatic carbocycles. The minimum Gasteiger partial charge on any atom is -0.488 e. The predicted molar refractivity (Wildman–Crippen MR) is 99.3 cm³/mol. The molecule has 1 amide bonds. The van der Waals surface area contributed by atoms with Crippen LogP contribution in [0.2, 0.25) is 0 Å². The molecule has 6 nitrogen and oxygen atoms in total. The number of amides is 1. The quantitative estimate of drug-likeness (QED) is 0.775. The van der Waals surface area contributed by atoms with Crippen molar-refractivity contribution in [1.29, 1.82) is 0 Å². The van der Waals surface area contributed by atoms with Crippen LogP contribution < -0.4 is 10.1 Å². The van der Waals surface area contributed by atoms with Gasteiger partial charge in [0.2, 0.25) is 5.91 Å². The molecule has 0 radical (unpaired) electrons. The van der Waals surface area contributed by atoms with Crippen molar-refractivity contribution in [2.45, 2.75) is 44.9 Å². The summed E-state index contributed by atoms with van der Waals surface area (Å²) in [7, 11) is 0. The lowest BCUT2D eigenvalue weighted by Crippen LogP contribution is -2.51. The average molecular weight is 376 g/mol. The maximum atomic E-state index is 12.3. The summed E-state index contributed by atoms with van der Waals surface area (Å²) in [4.78, 5) is 17.7. The molecule has 26 heavy (non-hydrogen) atoms. The van der Waals surface area contributed by atoms with Gasteiger partial charge in [0, 0.05) is 17.7 Å². The van der Waals surface area contributed by atoms with E-state index in [0.29, 0.717) is 26.1 Å². The van der Waals surface area contributed by atoms with Gasteiger partial charge in [-0.15, -0.1) is 11.3 Å². The second-order valence-corrected chi connectivity index (χ2v) is 7.30. The van der Waals surface area contributed by atoms with Crippen molar-refractivity contribution >= 4 is 17.2 Å². The molecule has 2 atom stereocenters. The van der Waals surface area contributed by atoms with Gasteiger partial charge in [-0.1, -0.05) is 12.1 Å². The van der Waals surface area contributed by atoms with Crippen molar-refractivity contribution in [3.63, 3.8) is 0 Å². The molecule has 0 aliphatic carbocycles. The Kier molecular flexibility index (Phi) is 6.60. The molecule has 7 heteroatoms. The number of aliphatic hydroxyl groups is 1. The standard InChI is InChI=1S/C19H24N2O4S/c1-13-18(26-12-20-13)6-7-19(23)21-16-11-24-9-8-17(16)25-15-4-2-14(10-22)3-5-15/h2-5,12,16-17,22H,6-11H2,1H3,(H,21,23)/t16-,17-/m1/s1. The van der Waals surface area contributed by atoms with Crippen molar-refractivity contribution in [2.24, 2.45) is 0 Å². The summed E-state index contributed by atoms with van der Waals surface area (Å²) in [5.41, 5.74) is 3.65. The SMILES string of the molecule is Cc1ncsc1CCC(=O)N[C@@H]1COCC[C@H]1Oc1ccc(CO)cc1. The number of carbonyl (C=O) groups is 1. The largest absolute Gasteiger partial charge is 0.488 e. The van der Waals surface area contributed by atoms with E-state index < -0.39 is 0 Å². The average Bonchev–Trinajstić information content (AvgIpc) is 3.07. The van der Waals surface area contributed by atoms with Crippen molar-refractivity contribution in [3.8, 4) is 5.75 Å². The number of hydrogen-bond donors (Lipinski definition) is 2. The molecule has 1 aliphatic rings. The Labute approximate surface area is 157 Å². The van der Waals surface area contributed by atoms with Crippen LogP contribution in [0.1, 0.15) is 29.0 Å². The van der Waals surface area contributed by atoms with E-state index in [-0.39, 0.29) is 24.7 Å². The lowest BCUT2D eigenvalue weighted by Gasteiger charge is -2.32. The van der Waals surface area contributed by atoms with Gasteiger partial charge in [0.05, 0.1) is 37.1 Å². The molecule has 2 N–H and O–H groups in total. The third kappa shape index (κ3) is 5.03. The van der Waals surface area contributed by atoms with Crippen LogP contribution in [0.25, 0.3) is 0 Å². The lowest BCUT2D eigenvalue weighted by molar-refractivity contribution is -0.124. The minimum absolute atomic E-state index is 0.00229. The number of thiazole rings is 1. The fourth-order valence-electron chi connectivity index (χ4n) is 2.91. The molecular weight excluding hydrogens is 352 g/mol. The van der Waals surface area contributed by atoms with E-state index in [1.807, 2.05) is 36.7 Å². The van der Waals surface area contributed by atoms with Crippen LogP contribution in [0.4, 0.5) is 0 Å². The molecule has 0 saturated carbocycles. The smallest absolute Gasteiger partial charge is 0.220 e. The van der Waals surface area contributed by atoms with Gasteiger partial charge in [-0.3, -0.25) is 4.79 Å². The van der Waals surface area contributed by atoms with Gasteiger partial charge in [-0.25, -0.2) is 4.98 Å². The highest BCUT2D eigenvalue weighted by atomic mass is 32.1. The number of rotatable bonds is 7. The first-order chi connectivity index (χ1) is 12.7. The highest BCUT2D eigenvalue weighted by Crippen LogP contribution is 2.20. The van der Waals surface area contributed by atoms with Crippen LogP contribution in [0.5, 0.6) is 5.75 Å². The third-order valence-electron chi connectivity index (χ3n) is 4.46. The Balaban J connectivity index is 1.54. The van der Waals surface area contributed by atoms with Gasteiger partial charge in [0.15, 0.2) is 0 Å². The Hall–Kier alpha value is -1.96. The maximum Gasteiger partial charge on any atom is 0.220 e. The normalized spacial score (nSPS) is 19.9. The fraction of sp³-hybridized carbons (Fsp3) is 0.474. The molecule has 1 fully saturated rings. The summed E-state index contributed by atoms with van der Waals surface area (Å²) in [5.74, 6) is 0.728. The van der Waals surface area contributed by atoms with Gasteiger partial charge in [-0.05, 0) is 31.0 Å². The minimum atomic E-state index is -0.170. The zero-order valence-electron chi connectivity index (χ0n) is 14.8. The van der Waals surface area contributed by atoms with Gasteiger partial charge >= 0.3 is 0 Å². The molecule has 2 aromatic rings. The van der Waals surface area contributed by atoms with Crippen molar-refractivity contribution in [2.75, 3.05) is 13.2 Å². The van der Waals surface area contributed by atoms with Crippen molar-refractivity contribution in [1.82, 2.24) is 10.3 Å². The molecule has 2 heterocycles. The first kappa shape index (κ1) is 18.8. The third-order valence-corrected chi connectivity index (χ3v) is 5.45. The zero-order valence-corrected chi connectivity index (χ0v) is 15.6. The predicted octanol–water partition coefficient (Wildman–Crippen LogP) is 2.23. The van der Waals surface area contributed by atoms with Crippen LogP contribution in [-0.4, -0.2) is 41.4 Å². The number of aryl methyl sites for hydroxylation is 2. The summed E-state index contributed by atoms with van der Waals surface area (Å²) in [6.07, 6.45) is 1.72. The molecule has 0 spiro atoms.